The van der Waals surface area contributed by atoms with Crippen LogP contribution in [0.4, 0.5) is 5.69 Å². The standard InChI is InChI=1S/C15H22N2O4S/c1-4-8-16-22(19,20)12-6-7-14-13(9-12)17(15(18)5-2)10-11(3)21-14/h6-7,9,11,16H,4-5,8,10H2,1-3H3. The minimum Gasteiger partial charge on any atom is -0.487 e. The van der Waals surface area contributed by atoms with Gasteiger partial charge in [-0.1, -0.05) is 13.8 Å². The van der Waals surface area contributed by atoms with Crippen molar-refractivity contribution >= 4 is 21.6 Å². The van der Waals surface area contributed by atoms with Gasteiger partial charge in [0.05, 0.1) is 17.1 Å². The molecule has 0 saturated carbocycles. The Bertz CT molecular complexity index is 658. The summed E-state index contributed by atoms with van der Waals surface area (Å²) in [5.74, 6) is 0.488. The molecule has 22 heavy (non-hydrogen) atoms. The van der Waals surface area contributed by atoms with Crippen molar-refractivity contribution in [1.29, 1.82) is 0 Å². The van der Waals surface area contributed by atoms with Gasteiger partial charge in [-0.3, -0.25) is 4.79 Å². The second-order valence-corrected chi connectivity index (χ2v) is 7.08. The molecule has 1 aromatic carbocycles. The maximum Gasteiger partial charge on any atom is 0.240 e. The van der Waals surface area contributed by atoms with Crippen molar-refractivity contribution in [2.24, 2.45) is 0 Å². The molecule has 7 heteroatoms. The molecule has 1 unspecified atom stereocenters. The van der Waals surface area contributed by atoms with E-state index in [2.05, 4.69) is 4.72 Å². The average molecular weight is 326 g/mol. The van der Waals surface area contributed by atoms with Crippen LogP contribution >= 0.6 is 0 Å². The fourth-order valence-corrected chi connectivity index (χ4v) is 3.48. The van der Waals surface area contributed by atoms with Crippen LogP contribution in [0, 0.1) is 0 Å². The number of hydrogen-bond donors (Lipinski definition) is 1. The Hall–Kier alpha value is -1.60. The van der Waals surface area contributed by atoms with E-state index in [1.54, 1.807) is 17.9 Å². The first kappa shape index (κ1) is 16.8. The zero-order chi connectivity index (χ0) is 16.3. The van der Waals surface area contributed by atoms with Gasteiger partial charge in [0.2, 0.25) is 15.9 Å². The molecule has 1 N–H and O–H groups in total. The number of ether oxygens (including phenoxy) is 1. The summed E-state index contributed by atoms with van der Waals surface area (Å²) in [4.78, 5) is 13.9. The third-order valence-corrected chi connectivity index (χ3v) is 4.90. The maximum absolute atomic E-state index is 12.2. The number of amides is 1. The third kappa shape index (κ3) is 3.41. The van der Waals surface area contributed by atoms with E-state index in [4.69, 9.17) is 4.74 Å². The first-order valence-corrected chi connectivity index (χ1v) is 8.98. The number of hydrogen-bond acceptors (Lipinski definition) is 4. The molecule has 1 aliphatic rings. The third-order valence-electron chi connectivity index (χ3n) is 3.44. The van der Waals surface area contributed by atoms with Gasteiger partial charge in [0.1, 0.15) is 11.9 Å². The van der Waals surface area contributed by atoms with Crippen LogP contribution in [0.25, 0.3) is 0 Å². The quantitative estimate of drug-likeness (QED) is 0.896. The van der Waals surface area contributed by atoms with Crippen LogP contribution in [0.1, 0.15) is 33.6 Å². The Morgan fingerprint density at radius 3 is 2.77 bits per heavy atom. The number of sulfonamides is 1. The van der Waals surface area contributed by atoms with Crippen LogP contribution in [-0.4, -0.2) is 33.5 Å². The number of rotatable bonds is 5. The summed E-state index contributed by atoms with van der Waals surface area (Å²) in [6, 6.07) is 4.62. The van der Waals surface area contributed by atoms with E-state index in [9.17, 15) is 13.2 Å². The van der Waals surface area contributed by atoms with Crippen molar-refractivity contribution in [3.05, 3.63) is 18.2 Å². The summed E-state index contributed by atoms with van der Waals surface area (Å²) in [5.41, 5.74) is 0.518. The molecule has 0 saturated heterocycles. The van der Waals surface area contributed by atoms with Crippen LogP contribution < -0.4 is 14.4 Å². The van der Waals surface area contributed by atoms with Gasteiger partial charge in [-0.2, -0.15) is 0 Å². The molecule has 0 spiro atoms. The predicted octanol–water partition coefficient (Wildman–Crippen LogP) is 1.90. The van der Waals surface area contributed by atoms with E-state index < -0.39 is 10.0 Å². The highest BCUT2D eigenvalue weighted by atomic mass is 32.2. The van der Waals surface area contributed by atoms with Crippen molar-refractivity contribution < 1.29 is 17.9 Å². The number of nitrogens with one attached hydrogen (secondary N) is 1. The first-order valence-electron chi connectivity index (χ1n) is 7.49. The van der Waals surface area contributed by atoms with Crippen LogP contribution in [0.5, 0.6) is 5.75 Å². The summed E-state index contributed by atoms with van der Waals surface area (Å²) >= 11 is 0. The summed E-state index contributed by atoms with van der Waals surface area (Å²) in [6.45, 7) is 6.36. The lowest BCUT2D eigenvalue weighted by molar-refractivity contribution is -0.118. The predicted molar refractivity (Wildman–Crippen MR) is 84.7 cm³/mol. The van der Waals surface area contributed by atoms with Gasteiger partial charge in [0.15, 0.2) is 0 Å². The van der Waals surface area contributed by atoms with Crippen molar-refractivity contribution in [1.82, 2.24) is 4.72 Å². The zero-order valence-electron chi connectivity index (χ0n) is 13.1. The molecule has 6 nitrogen and oxygen atoms in total. The second kappa shape index (κ2) is 6.66. The number of carbonyl (C=O) groups is 1. The summed E-state index contributed by atoms with van der Waals surface area (Å²) in [7, 11) is -3.57. The fraction of sp³-hybridized carbons (Fsp3) is 0.533. The topological polar surface area (TPSA) is 75.7 Å². The van der Waals surface area contributed by atoms with E-state index in [0.717, 1.165) is 0 Å². The largest absolute Gasteiger partial charge is 0.487 e. The molecule has 0 fully saturated rings. The van der Waals surface area contributed by atoms with Gasteiger partial charge >= 0.3 is 0 Å². The highest BCUT2D eigenvalue weighted by molar-refractivity contribution is 7.89. The van der Waals surface area contributed by atoms with Crippen LogP contribution in [0.15, 0.2) is 23.1 Å². The average Bonchev–Trinajstić information content (AvgIpc) is 2.50. The van der Waals surface area contributed by atoms with Crippen molar-refractivity contribution in [2.75, 3.05) is 18.0 Å². The number of anilines is 1. The molecule has 0 radical (unpaired) electrons. The lowest BCUT2D eigenvalue weighted by atomic mass is 10.2. The van der Waals surface area contributed by atoms with Gasteiger partial charge in [0, 0.05) is 13.0 Å². The molecule has 0 aromatic heterocycles. The van der Waals surface area contributed by atoms with E-state index in [-0.39, 0.29) is 16.9 Å². The van der Waals surface area contributed by atoms with Crippen molar-refractivity contribution in [3.8, 4) is 5.75 Å². The van der Waals surface area contributed by atoms with Gasteiger partial charge in [0.25, 0.3) is 0 Å². The Morgan fingerprint density at radius 1 is 1.41 bits per heavy atom. The van der Waals surface area contributed by atoms with Gasteiger partial charge in [-0.25, -0.2) is 13.1 Å². The van der Waals surface area contributed by atoms with E-state index in [0.29, 0.717) is 37.4 Å². The second-order valence-electron chi connectivity index (χ2n) is 5.31. The molecule has 1 heterocycles. The molecule has 1 aromatic rings. The van der Waals surface area contributed by atoms with Gasteiger partial charge < -0.3 is 9.64 Å². The van der Waals surface area contributed by atoms with E-state index >= 15 is 0 Å². The summed E-state index contributed by atoms with van der Waals surface area (Å²) < 4.78 is 32.7. The minimum atomic E-state index is -3.57. The molecule has 0 bridgehead atoms. The monoisotopic (exact) mass is 326 g/mol. The molecular weight excluding hydrogens is 304 g/mol. The summed E-state index contributed by atoms with van der Waals surface area (Å²) in [5, 5.41) is 0. The highest BCUT2D eigenvalue weighted by Gasteiger charge is 2.28. The number of nitrogens with zero attached hydrogens (tertiary/aromatic N) is 1. The van der Waals surface area contributed by atoms with E-state index in [1.807, 2.05) is 13.8 Å². The molecule has 1 atom stereocenters. The Morgan fingerprint density at radius 2 is 2.14 bits per heavy atom. The molecule has 122 valence electrons. The zero-order valence-corrected chi connectivity index (χ0v) is 13.9. The van der Waals surface area contributed by atoms with Crippen LogP contribution in [0.3, 0.4) is 0 Å². The molecule has 1 amide bonds. The fourth-order valence-electron chi connectivity index (χ4n) is 2.33. The number of fused-ring (bicyclic) bond motifs is 1. The van der Waals surface area contributed by atoms with Gasteiger partial charge in [-0.05, 0) is 31.5 Å². The smallest absolute Gasteiger partial charge is 0.240 e. The van der Waals surface area contributed by atoms with Crippen LogP contribution in [0.2, 0.25) is 0 Å². The minimum absolute atomic E-state index is 0.0486. The number of benzene rings is 1. The van der Waals surface area contributed by atoms with Crippen molar-refractivity contribution in [2.45, 2.75) is 44.6 Å². The van der Waals surface area contributed by atoms with Gasteiger partial charge in [-0.15, -0.1) is 0 Å². The normalized spacial score (nSPS) is 17.8. The maximum atomic E-state index is 12.2. The molecule has 2 rings (SSSR count). The Kier molecular flexibility index (Phi) is 5.08. The SMILES string of the molecule is CCCNS(=O)(=O)c1ccc2c(c1)N(C(=O)CC)CC(C)O2. The first-order chi connectivity index (χ1) is 10.4. The number of carbonyl (C=O) groups excluding carboxylic acids is 1. The van der Waals surface area contributed by atoms with Crippen molar-refractivity contribution in [3.63, 3.8) is 0 Å². The van der Waals surface area contributed by atoms with E-state index in [1.165, 1.54) is 12.1 Å². The lowest BCUT2D eigenvalue weighted by Gasteiger charge is -2.33. The Balaban J connectivity index is 2.42. The summed E-state index contributed by atoms with van der Waals surface area (Å²) in [6.07, 6.45) is 0.950. The molecular formula is C15H22N2O4S. The lowest BCUT2D eigenvalue weighted by Crippen LogP contribution is -2.42. The Labute approximate surface area is 131 Å². The molecule has 0 aliphatic carbocycles. The van der Waals surface area contributed by atoms with Crippen LogP contribution in [-0.2, 0) is 14.8 Å². The molecule has 1 aliphatic heterocycles. The highest BCUT2D eigenvalue weighted by Crippen LogP contribution is 2.35.